The van der Waals surface area contributed by atoms with E-state index in [-0.39, 0.29) is 0 Å². The second-order valence-electron chi connectivity index (χ2n) is 14.4. The molecule has 4 nitrogen and oxygen atoms in total. The molecule has 0 aliphatic rings. The molecule has 2 heterocycles. The lowest BCUT2D eigenvalue weighted by Crippen LogP contribution is -2.11. The molecular weight excluding hydrogens is 697 g/mol. The number of nitrogens with zero attached hydrogens (tertiary/aromatic N) is 2. The van der Waals surface area contributed by atoms with Crippen molar-refractivity contribution in [2.45, 2.75) is 0 Å². The van der Waals surface area contributed by atoms with Crippen LogP contribution in [0.15, 0.2) is 215 Å². The number of anilines is 3. The van der Waals surface area contributed by atoms with Crippen LogP contribution in [0.2, 0.25) is 0 Å². The summed E-state index contributed by atoms with van der Waals surface area (Å²) in [4.78, 5) is 7.22. The first-order valence-corrected chi connectivity index (χ1v) is 19.2. The van der Waals surface area contributed by atoms with Crippen LogP contribution in [-0.4, -0.2) is 4.98 Å². The van der Waals surface area contributed by atoms with Gasteiger partial charge in [0.1, 0.15) is 16.7 Å². The van der Waals surface area contributed by atoms with Crippen molar-refractivity contribution in [2.24, 2.45) is 0 Å². The number of benzene rings is 9. The van der Waals surface area contributed by atoms with E-state index in [1.807, 2.05) is 36.4 Å². The van der Waals surface area contributed by atoms with Crippen molar-refractivity contribution in [3.63, 3.8) is 0 Å². The maximum Gasteiger partial charge on any atom is 0.227 e. The van der Waals surface area contributed by atoms with E-state index in [1.165, 1.54) is 5.56 Å². The Kier molecular flexibility index (Phi) is 7.78. The lowest BCUT2D eigenvalue weighted by Gasteiger charge is -2.28. The van der Waals surface area contributed by atoms with E-state index >= 15 is 0 Å². The molecule has 0 atom stereocenters. The molecule has 0 amide bonds. The van der Waals surface area contributed by atoms with E-state index in [0.29, 0.717) is 5.89 Å². The molecule has 0 N–H and O–H groups in total. The Morgan fingerprint density at radius 1 is 0.333 bits per heavy atom. The van der Waals surface area contributed by atoms with Gasteiger partial charge in [-0.1, -0.05) is 140 Å². The van der Waals surface area contributed by atoms with Crippen LogP contribution in [0, 0.1) is 0 Å². The van der Waals surface area contributed by atoms with Gasteiger partial charge in [0.15, 0.2) is 5.58 Å². The first kappa shape index (κ1) is 32.7. The van der Waals surface area contributed by atoms with E-state index in [1.54, 1.807) is 0 Å². The number of fused-ring (bicyclic) bond motifs is 6. The molecule has 0 spiro atoms. The molecule has 11 aromatic rings. The second kappa shape index (κ2) is 13.6. The van der Waals surface area contributed by atoms with E-state index in [2.05, 4.69) is 175 Å². The van der Waals surface area contributed by atoms with Crippen molar-refractivity contribution >= 4 is 60.9 Å². The molecule has 0 saturated carbocycles. The van der Waals surface area contributed by atoms with Gasteiger partial charge in [-0.3, -0.25) is 0 Å². The summed E-state index contributed by atoms with van der Waals surface area (Å²) in [6, 6.07) is 72.6. The van der Waals surface area contributed by atoms with Crippen molar-refractivity contribution in [1.82, 2.24) is 4.98 Å². The van der Waals surface area contributed by atoms with Gasteiger partial charge >= 0.3 is 0 Å². The van der Waals surface area contributed by atoms with Crippen molar-refractivity contribution < 1.29 is 8.83 Å². The Labute approximate surface area is 329 Å². The van der Waals surface area contributed by atoms with Crippen molar-refractivity contribution in [2.75, 3.05) is 4.90 Å². The molecule has 0 aliphatic heterocycles. The highest BCUT2D eigenvalue weighted by molar-refractivity contribution is 6.20. The molecule has 11 rings (SSSR count). The van der Waals surface area contributed by atoms with Crippen molar-refractivity contribution in [3.05, 3.63) is 206 Å². The standard InChI is InChI=1S/C53H34N2O2/c1-4-14-35(15-5-1)38-24-27-42(28-25-38)55(43-31-40(36-16-6-2-7-17-36)30-41(32-43)37-18-8-3-9-19-37)49-34-47-46-33-39(53-54-48-22-12-13-23-51(48)57-53)26-29-50(46)56-52(47)45-21-11-10-20-44(45)49/h1-34H. The highest BCUT2D eigenvalue weighted by Crippen LogP contribution is 2.47. The van der Waals surface area contributed by atoms with Gasteiger partial charge in [0, 0.05) is 38.5 Å². The van der Waals surface area contributed by atoms with Gasteiger partial charge in [-0.05, 0) is 100 Å². The van der Waals surface area contributed by atoms with Crippen LogP contribution < -0.4 is 4.90 Å². The van der Waals surface area contributed by atoms with Crippen LogP contribution in [0.5, 0.6) is 0 Å². The van der Waals surface area contributed by atoms with E-state index in [9.17, 15) is 0 Å². The Morgan fingerprint density at radius 2 is 0.895 bits per heavy atom. The molecule has 9 aromatic carbocycles. The van der Waals surface area contributed by atoms with Crippen LogP contribution >= 0.6 is 0 Å². The lowest BCUT2D eigenvalue weighted by molar-refractivity contribution is 0.620. The molecule has 0 bridgehead atoms. The highest BCUT2D eigenvalue weighted by Gasteiger charge is 2.22. The minimum atomic E-state index is 0.583. The molecule has 0 fully saturated rings. The summed E-state index contributed by atoms with van der Waals surface area (Å²) >= 11 is 0. The Hall–Kier alpha value is -7.69. The predicted octanol–water partition coefficient (Wildman–Crippen LogP) is 15.0. The summed E-state index contributed by atoms with van der Waals surface area (Å²) < 4.78 is 12.9. The monoisotopic (exact) mass is 730 g/mol. The molecule has 4 heteroatoms. The number of aromatic nitrogens is 1. The fourth-order valence-corrected chi connectivity index (χ4v) is 8.09. The number of furan rings is 1. The number of hydrogen-bond donors (Lipinski definition) is 0. The van der Waals surface area contributed by atoms with Crippen molar-refractivity contribution in [1.29, 1.82) is 0 Å². The number of hydrogen-bond acceptors (Lipinski definition) is 4. The third-order valence-corrected chi connectivity index (χ3v) is 10.9. The van der Waals surface area contributed by atoms with E-state index in [4.69, 9.17) is 13.8 Å². The van der Waals surface area contributed by atoms with Crippen LogP contribution in [0.3, 0.4) is 0 Å². The molecule has 0 aliphatic carbocycles. The summed E-state index contributed by atoms with van der Waals surface area (Å²) in [6.07, 6.45) is 0. The van der Waals surface area contributed by atoms with E-state index < -0.39 is 0 Å². The van der Waals surface area contributed by atoms with Gasteiger partial charge in [-0.25, -0.2) is 4.98 Å². The van der Waals surface area contributed by atoms with Gasteiger partial charge in [0.25, 0.3) is 0 Å². The first-order valence-electron chi connectivity index (χ1n) is 19.2. The molecule has 57 heavy (non-hydrogen) atoms. The zero-order valence-corrected chi connectivity index (χ0v) is 30.8. The fourth-order valence-electron chi connectivity index (χ4n) is 8.09. The summed E-state index contributed by atoms with van der Waals surface area (Å²) in [5.41, 5.74) is 14.2. The minimum Gasteiger partial charge on any atom is -0.455 e. The number of rotatable bonds is 7. The summed E-state index contributed by atoms with van der Waals surface area (Å²) in [5, 5.41) is 4.14. The highest BCUT2D eigenvalue weighted by atomic mass is 16.3. The average Bonchev–Trinajstić information content (AvgIpc) is 3.89. The van der Waals surface area contributed by atoms with Gasteiger partial charge in [0.05, 0.1) is 5.69 Å². The molecule has 268 valence electrons. The maximum atomic E-state index is 6.71. The zero-order valence-electron chi connectivity index (χ0n) is 30.8. The van der Waals surface area contributed by atoms with Gasteiger partial charge in [-0.2, -0.15) is 0 Å². The summed E-state index contributed by atoms with van der Waals surface area (Å²) in [6.45, 7) is 0. The second-order valence-corrected chi connectivity index (χ2v) is 14.4. The van der Waals surface area contributed by atoms with Crippen LogP contribution in [0.25, 0.3) is 88.6 Å². The smallest absolute Gasteiger partial charge is 0.227 e. The maximum absolute atomic E-state index is 6.71. The molecule has 0 radical (unpaired) electrons. The first-order chi connectivity index (χ1) is 28.2. The Bertz CT molecular complexity index is 3130. The Balaban J connectivity index is 1.18. The third kappa shape index (κ3) is 5.83. The number of oxazole rings is 1. The average molecular weight is 731 g/mol. The molecular formula is C53H34N2O2. The normalized spacial score (nSPS) is 11.5. The quantitative estimate of drug-likeness (QED) is 0.164. The van der Waals surface area contributed by atoms with Crippen LogP contribution in [-0.2, 0) is 0 Å². The van der Waals surface area contributed by atoms with Crippen LogP contribution in [0.1, 0.15) is 0 Å². The predicted molar refractivity (Wildman–Crippen MR) is 235 cm³/mol. The van der Waals surface area contributed by atoms with Gasteiger partial charge in [-0.15, -0.1) is 0 Å². The van der Waals surface area contributed by atoms with Gasteiger partial charge < -0.3 is 13.7 Å². The van der Waals surface area contributed by atoms with E-state index in [0.717, 1.165) is 94.3 Å². The topological polar surface area (TPSA) is 42.4 Å². The van der Waals surface area contributed by atoms with Gasteiger partial charge in [0.2, 0.25) is 5.89 Å². The lowest BCUT2D eigenvalue weighted by atomic mass is 9.96. The molecule has 2 aromatic heterocycles. The number of para-hydroxylation sites is 2. The SMILES string of the molecule is c1ccc(-c2ccc(N(c3cc(-c4ccccc4)cc(-c4ccccc4)c3)c3cc4c5cc(-c6nc7ccccc7o6)ccc5oc4c4ccccc34)cc2)cc1. The largest absolute Gasteiger partial charge is 0.455 e. The molecule has 0 unspecified atom stereocenters. The minimum absolute atomic E-state index is 0.583. The van der Waals surface area contributed by atoms with Crippen molar-refractivity contribution in [3.8, 4) is 44.8 Å². The van der Waals surface area contributed by atoms with Crippen LogP contribution in [0.4, 0.5) is 17.1 Å². The summed E-state index contributed by atoms with van der Waals surface area (Å²) in [7, 11) is 0. The fraction of sp³-hybridized carbons (Fsp3) is 0. The third-order valence-electron chi connectivity index (χ3n) is 10.9. The zero-order chi connectivity index (χ0) is 37.7. The Morgan fingerprint density at radius 3 is 1.56 bits per heavy atom. The molecule has 0 saturated heterocycles. The summed E-state index contributed by atoms with van der Waals surface area (Å²) in [5.74, 6) is 0.583.